The van der Waals surface area contributed by atoms with Crippen molar-refractivity contribution in [1.82, 2.24) is 16.0 Å². The average Bonchev–Trinajstić information content (AvgIpc) is 2.48. The molecule has 0 saturated carbocycles. The maximum atomic E-state index is 13.6. The Balaban J connectivity index is 2.73. The smallest absolute Gasteiger partial charge is 0.257 e. The molecule has 0 aliphatic rings. The van der Waals surface area contributed by atoms with Crippen LogP contribution in [-0.2, 0) is 9.59 Å². The van der Waals surface area contributed by atoms with Crippen LogP contribution in [0.3, 0.4) is 0 Å². The molecule has 0 heterocycles. The zero-order valence-electron chi connectivity index (χ0n) is 13.8. The monoisotopic (exact) mass is 341 g/mol. The topological polar surface area (TPSA) is 87.3 Å². The van der Waals surface area contributed by atoms with Crippen molar-refractivity contribution in [2.24, 2.45) is 5.92 Å². The summed E-state index contributed by atoms with van der Waals surface area (Å²) in [6, 6.07) is 2.12. The summed E-state index contributed by atoms with van der Waals surface area (Å²) < 4.78 is 27.3. The minimum atomic E-state index is -0.999. The van der Waals surface area contributed by atoms with Gasteiger partial charge in [-0.1, -0.05) is 19.9 Å². The molecule has 132 valence electrons. The minimum Gasteiger partial charge on any atom is -0.355 e. The quantitative estimate of drug-likeness (QED) is 0.646. The molecule has 0 aromatic heterocycles. The normalized spacial score (nSPS) is 11.8. The second kappa shape index (κ2) is 8.95. The van der Waals surface area contributed by atoms with E-state index in [0.29, 0.717) is 0 Å². The van der Waals surface area contributed by atoms with Crippen molar-refractivity contribution in [3.05, 3.63) is 35.4 Å². The summed E-state index contributed by atoms with van der Waals surface area (Å²) in [4.78, 5) is 35.0. The van der Waals surface area contributed by atoms with Gasteiger partial charge in [-0.15, -0.1) is 0 Å². The summed E-state index contributed by atoms with van der Waals surface area (Å²) in [5, 5.41) is 7.41. The van der Waals surface area contributed by atoms with Gasteiger partial charge < -0.3 is 16.0 Å². The molecular weight excluding hydrogens is 320 g/mol. The third-order valence-electron chi connectivity index (χ3n) is 3.22. The van der Waals surface area contributed by atoms with Crippen LogP contribution in [0.2, 0.25) is 0 Å². The number of amides is 3. The number of carbonyl (C=O) groups excluding carboxylic acids is 3. The highest BCUT2D eigenvalue weighted by Gasteiger charge is 2.26. The minimum absolute atomic E-state index is 0.172. The molecule has 1 aromatic rings. The third-order valence-corrected chi connectivity index (χ3v) is 3.22. The highest BCUT2D eigenvalue weighted by Crippen LogP contribution is 2.13. The van der Waals surface area contributed by atoms with Crippen LogP contribution in [0.4, 0.5) is 8.78 Å². The lowest BCUT2D eigenvalue weighted by molar-refractivity contribution is -0.124. The Morgan fingerprint density at radius 2 is 1.58 bits per heavy atom. The van der Waals surface area contributed by atoms with Crippen molar-refractivity contribution in [3.8, 4) is 0 Å². The van der Waals surface area contributed by atoms with E-state index >= 15 is 0 Å². The predicted molar refractivity (Wildman–Crippen MR) is 84.1 cm³/mol. The fourth-order valence-electron chi connectivity index (χ4n) is 2.00. The largest absolute Gasteiger partial charge is 0.355 e. The van der Waals surface area contributed by atoms with E-state index in [9.17, 15) is 23.2 Å². The fourth-order valence-corrected chi connectivity index (χ4v) is 2.00. The molecule has 24 heavy (non-hydrogen) atoms. The van der Waals surface area contributed by atoms with Crippen molar-refractivity contribution in [2.75, 3.05) is 13.1 Å². The number of nitrogens with one attached hydrogen (secondary N) is 3. The van der Waals surface area contributed by atoms with E-state index in [1.165, 1.54) is 6.92 Å². The summed E-state index contributed by atoms with van der Waals surface area (Å²) in [6.07, 6.45) is 0. The molecule has 1 rings (SSSR count). The molecule has 6 nitrogen and oxygen atoms in total. The molecule has 3 amide bonds. The van der Waals surface area contributed by atoms with Crippen LogP contribution in [0, 0.1) is 17.6 Å². The van der Waals surface area contributed by atoms with Gasteiger partial charge in [0, 0.05) is 20.0 Å². The number of carbonyl (C=O) groups is 3. The highest BCUT2D eigenvalue weighted by molar-refractivity contribution is 5.98. The van der Waals surface area contributed by atoms with Crippen LogP contribution < -0.4 is 16.0 Å². The lowest BCUT2D eigenvalue weighted by atomic mass is 10.0. The van der Waals surface area contributed by atoms with Crippen molar-refractivity contribution < 1.29 is 23.2 Å². The summed E-state index contributed by atoms with van der Waals surface area (Å²) in [5.74, 6) is -4.03. The molecule has 8 heteroatoms. The van der Waals surface area contributed by atoms with Gasteiger partial charge in [-0.2, -0.15) is 0 Å². The maximum Gasteiger partial charge on any atom is 0.257 e. The van der Waals surface area contributed by atoms with Gasteiger partial charge in [-0.3, -0.25) is 14.4 Å². The average molecular weight is 341 g/mol. The number of rotatable bonds is 7. The maximum absolute atomic E-state index is 13.6. The molecule has 0 bridgehead atoms. The van der Waals surface area contributed by atoms with Gasteiger partial charge >= 0.3 is 0 Å². The first kappa shape index (κ1) is 19.5. The zero-order valence-corrected chi connectivity index (χ0v) is 13.8. The van der Waals surface area contributed by atoms with E-state index in [4.69, 9.17) is 0 Å². The molecule has 0 spiro atoms. The van der Waals surface area contributed by atoms with Crippen LogP contribution in [0.1, 0.15) is 31.1 Å². The Hall–Kier alpha value is -2.51. The van der Waals surface area contributed by atoms with E-state index in [-0.39, 0.29) is 24.9 Å². The van der Waals surface area contributed by atoms with Gasteiger partial charge in [-0.25, -0.2) is 8.78 Å². The number of hydrogen-bond acceptors (Lipinski definition) is 3. The van der Waals surface area contributed by atoms with Gasteiger partial charge in [-0.05, 0) is 18.1 Å². The lowest BCUT2D eigenvalue weighted by Gasteiger charge is -2.22. The molecule has 3 N–H and O–H groups in total. The van der Waals surface area contributed by atoms with Gasteiger partial charge in [0.1, 0.15) is 23.2 Å². The van der Waals surface area contributed by atoms with Crippen LogP contribution in [0.15, 0.2) is 18.2 Å². The van der Waals surface area contributed by atoms with Crippen LogP contribution in [-0.4, -0.2) is 36.9 Å². The number of hydrogen-bond donors (Lipinski definition) is 3. The van der Waals surface area contributed by atoms with E-state index in [1.807, 2.05) is 0 Å². The molecule has 0 fully saturated rings. The lowest BCUT2D eigenvalue weighted by Crippen LogP contribution is -2.51. The van der Waals surface area contributed by atoms with E-state index < -0.39 is 35.1 Å². The van der Waals surface area contributed by atoms with Crippen LogP contribution in [0.5, 0.6) is 0 Å². The van der Waals surface area contributed by atoms with Gasteiger partial charge in [0.2, 0.25) is 11.8 Å². The summed E-state index contributed by atoms with van der Waals surface area (Å²) in [5.41, 5.74) is -0.728. The Morgan fingerprint density at radius 1 is 1.04 bits per heavy atom. The highest BCUT2D eigenvalue weighted by atomic mass is 19.1. The molecule has 1 aromatic carbocycles. The van der Waals surface area contributed by atoms with E-state index in [1.54, 1.807) is 13.8 Å². The molecule has 0 unspecified atom stereocenters. The first-order chi connectivity index (χ1) is 11.2. The van der Waals surface area contributed by atoms with Crippen LogP contribution >= 0.6 is 0 Å². The van der Waals surface area contributed by atoms with Crippen molar-refractivity contribution >= 4 is 17.7 Å². The van der Waals surface area contributed by atoms with Crippen molar-refractivity contribution in [1.29, 1.82) is 0 Å². The Kier molecular flexibility index (Phi) is 7.29. The van der Waals surface area contributed by atoms with Gasteiger partial charge in [0.05, 0.1) is 0 Å². The summed E-state index contributed by atoms with van der Waals surface area (Å²) in [7, 11) is 0. The van der Waals surface area contributed by atoms with Crippen LogP contribution in [0.25, 0.3) is 0 Å². The number of halogens is 2. The first-order valence-electron chi connectivity index (χ1n) is 7.51. The molecular formula is C16H21F2N3O3. The molecule has 0 aliphatic carbocycles. The molecule has 0 aliphatic heterocycles. The van der Waals surface area contributed by atoms with E-state index in [0.717, 1.165) is 18.2 Å². The molecule has 1 atom stereocenters. The summed E-state index contributed by atoms with van der Waals surface area (Å²) in [6.45, 7) is 5.14. The van der Waals surface area contributed by atoms with Crippen molar-refractivity contribution in [3.63, 3.8) is 0 Å². The second-order valence-corrected chi connectivity index (χ2v) is 5.57. The molecule has 0 radical (unpaired) electrons. The zero-order chi connectivity index (χ0) is 18.3. The number of benzene rings is 1. The van der Waals surface area contributed by atoms with Gasteiger partial charge in [0.15, 0.2) is 0 Å². The third kappa shape index (κ3) is 5.60. The second-order valence-electron chi connectivity index (χ2n) is 5.57. The standard InChI is InChI=1S/C16H21F2N3O3/c1-9(2)14(16(24)20-8-7-19-10(3)22)21-15(23)13-11(17)5-4-6-12(13)18/h4-6,9,14H,7-8H2,1-3H3,(H,19,22)(H,20,24)(H,21,23)/t14-/m0/s1. The Morgan fingerprint density at radius 3 is 2.08 bits per heavy atom. The fraction of sp³-hybridized carbons (Fsp3) is 0.438. The Bertz CT molecular complexity index is 600. The summed E-state index contributed by atoms with van der Waals surface area (Å²) >= 11 is 0. The SMILES string of the molecule is CC(=O)NCCNC(=O)[C@@H](NC(=O)c1c(F)cccc1F)C(C)C. The van der Waals surface area contributed by atoms with Gasteiger partial charge in [0.25, 0.3) is 5.91 Å². The van der Waals surface area contributed by atoms with E-state index in [2.05, 4.69) is 16.0 Å². The Labute approximate surface area is 139 Å². The first-order valence-corrected chi connectivity index (χ1v) is 7.51. The molecule has 0 saturated heterocycles. The van der Waals surface area contributed by atoms with Crippen molar-refractivity contribution in [2.45, 2.75) is 26.8 Å². The predicted octanol–water partition coefficient (Wildman–Crippen LogP) is 0.971.